The Kier molecular flexibility index (Phi) is 7.27. The molecule has 4 atom stereocenters. The van der Waals surface area contributed by atoms with Gasteiger partial charge in [0.25, 0.3) is 0 Å². The Morgan fingerprint density at radius 3 is 2.69 bits per heavy atom. The van der Waals surface area contributed by atoms with Gasteiger partial charge in [-0.2, -0.15) is 0 Å². The average Bonchev–Trinajstić information content (AvgIpc) is 3.16. The van der Waals surface area contributed by atoms with Crippen LogP contribution in [0.1, 0.15) is 29.7 Å². The van der Waals surface area contributed by atoms with Crippen LogP contribution in [0.4, 0.5) is 13.6 Å². The van der Waals surface area contributed by atoms with Crippen LogP contribution in [0.2, 0.25) is 0 Å². The quantitative estimate of drug-likeness (QED) is 0.425. The second-order valence-corrected chi connectivity index (χ2v) is 8.79. The Morgan fingerprint density at radius 2 is 2.00 bits per heavy atom. The van der Waals surface area contributed by atoms with Crippen molar-refractivity contribution in [2.75, 3.05) is 0 Å². The number of benzene rings is 1. The fourth-order valence-corrected chi connectivity index (χ4v) is 5.14. The van der Waals surface area contributed by atoms with E-state index in [4.69, 9.17) is 16.7 Å². The summed E-state index contributed by atoms with van der Waals surface area (Å²) >= 11 is 7.73. The van der Waals surface area contributed by atoms with Crippen molar-refractivity contribution < 1.29 is 28.5 Å². The first kappa shape index (κ1) is 21.7. The molecule has 1 saturated carbocycles. The van der Waals surface area contributed by atoms with Gasteiger partial charge in [0.1, 0.15) is 11.6 Å². The van der Waals surface area contributed by atoms with E-state index in [9.17, 15) is 18.7 Å². The van der Waals surface area contributed by atoms with Crippen molar-refractivity contribution in [1.29, 1.82) is 0 Å². The lowest BCUT2D eigenvalue weighted by atomic mass is 9.89. The second kappa shape index (κ2) is 9.69. The van der Waals surface area contributed by atoms with E-state index in [1.54, 1.807) is 18.2 Å². The summed E-state index contributed by atoms with van der Waals surface area (Å²) in [6, 6.07) is 6.75. The molecule has 2 N–H and O–H groups in total. The highest BCUT2D eigenvalue weighted by Crippen LogP contribution is 2.40. The SMILES string of the molecule is O=C(O)Oc1ccc(CCC[C@@H]2[C@@H](/C=C/c3cc(F)cc(F)c3)[C@H](O)C[C@H]2Cl)s1. The Morgan fingerprint density at radius 1 is 1.28 bits per heavy atom. The van der Waals surface area contributed by atoms with Crippen LogP contribution in [0.25, 0.3) is 6.08 Å². The molecule has 0 bridgehead atoms. The molecule has 1 aliphatic carbocycles. The van der Waals surface area contributed by atoms with Gasteiger partial charge in [-0.25, -0.2) is 13.6 Å². The van der Waals surface area contributed by atoms with Crippen LogP contribution in [0.15, 0.2) is 36.4 Å². The standard InChI is InChI=1S/C21H21ClF2O4S/c22-18-11-19(25)17(6-4-12-8-13(23)10-14(24)9-12)16(18)3-1-2-15-5-7-20(29-15)28-21(26)27/h4-10,16-19,25H,1-3,11H2,(H,26,27)/b6-4+/t16-,17-,18-,19-/m1/s1. The minimum atomic E-state index is -1.34. The van der Waals surface area contributed by atoms with E-state index in [0.29, 0.717) is 17.0 Å². The number of carboxylic acid groups (broad SMARTS) is 1. The molecule has 0 aliphatic heterocycles. The van der Waals surface area contributed by atoms with Gasteiger partial charge in [0, 0.05) is 22.2 Å². The molecule has 1 aromatic carbocycles. The van der Waals surface area contributed by atoms with Crippen LogP contribution in [0.5, 0.6) is 5.06 Å². The molecule has 0 unspecified atom stereocenters. The van der Waals surface area contributed by atoms with Crippen molar-refractivity contribution in [2.24, 2.45) is 11.8 Å². The summed E-state index contributed by atoms with van der Waals surface area (Å²) in [5, 5.41) is 19.2. The Hall–Kier alpha value is -1.96. The number of carbonyl (C=O) groups is 1. The van der Waals surface area contributed by atoms with Gasteiger partial charge in [0.05, 0.1) is 6.10 Å². The van der Waals surface area contributed by atoms with Crippen LogP contribution < -0.4 is 4.74 Å². The van der Waals surface area contributed by atoms with E-state index < -0.39 is 23.9 Å². The maximum Gasteiger partial charge on any atom is 0.512 e. The van der Waals surface area contributed by atoms with Crippen molar-refractivity contribution in [3.05, 3.63) is 58.5 Å². The Bertz CT molecular complexity index is 865. The van der Waals surface area contributed by atoms with Gasteiger partial charge < -0.3 is 14.9 Å². The van der Waals surface area contributed by atoms with Crippen molar-refractivity contribution >= 4 is 35.2 Å². The van der Waals surface area contributed by atoms with Crippen LogP contribution in [0.3, 0.4) is 0 Å². The number of aryl methyl sites for hydroxylation is 1. The van der Waals surface area contributed by atoms with Crippen molar-refractivity contribution in [2.45, 2.75) is 37.2 Å². The molecular formula is C21H21ClF2O4S. The monoisotopic (exact) mass is 442 g/mol. The molecule has 1 aromatic heterocycles. The summed E-state index contributed by atoms with van der Waals surface area (Å²) in [6.07, 6.45) is 4.26. The number of halogens is 3. The Balaban J connectivity index is 1.60. The minimum Gasteiger partial charge on any atom is -0.449 e. The zero-order chi connectivity index (χ0) is 21.0. The lowest BCUT2D eigenvalue weighted by Crippen LogP contribution is -2.18. The molecule has 156 valence electrons. The summed E-state index contributed by atoms with van der Waals surface area (Å²) in [7, 11) is 0. The van der Waals surface area contributed by atoms with Gasteiger partial charge in [-0.15, -0.1) is 22.9 Å². The summed E-state index contributed by atoms with van der Waals surface area (Å²) < 4.78 is 31.3. The molecule has 3 rings (SSSR count). The maximum absolute atomic E-state index is 13.4. The minimum absolute atomic E-state index is 0.0380. The molecule has 0 spiro atoms. The lowest BCUT2D eigenvalue weighted by molar-refractivity contribution is 0.140. The highest BCUT2D eigenvalue weighted by molar-refractivity contribution is 7.13. The molecule has 4 nitrogen and oxygen atoms in total. The number of alkyl halides is 1. The fourth-order valence-electron chi connectivity index (χ4n) is 3.77. The molecule has 0 amide bonds. The molecular weight excluding hydrogens is 422 g/mol. The van der Waals surface area contributed by atoms with E-state index in [1.807, 2.05) is 6.07 Å². The number of hydrogen-bond acceptors (Lipinski definition) is 4. The summed E-state index contributed by atoms with van der Waals surface area (Å²) in [6.45, 7) is 0. The van der Waals surface area contributed by atoms with Gasteiger partial charge in [-0.1, -0.05) is 12.2 Å². The second-order valence-electron chi connectivity index (χ2n) is 7.10. The van der Waals surface area contributed by atoms with Crippen molar-refractivity contribution in [3.8, 4) is 5.06 Å². The zero-order valence-corrected chi connectivity index (χ0v) is 17.0. The van der Waals surface area contributed by atoms with Crippen LogP contribution in [-0.2, 0) is 6.42 Å². The first-order chi connectivity index (χ1) is 13.8. The van der Waals surface area contributed by atoms with E-state index >= 15 is 0 Å². The van der Waals surface area contributed by atoms with Gasteiger partial charge in [-0.05, 0) is 61.4 Å². The van der Waals surface area contributed by atoms with E-state index in [0.717, 1.165) is 30.2 Å². The summed E-state index contributed by atoms with van der Waals surface area (Å²) in [4.78, 5) is 11.6. The molecule has 0 saturated heterocycles. The molecule has 8 heteroatoms. The van der Waals surface area contributed by atoms with Gasteiger partial charge in [-0.3, -0.25) is 0 Å². The molecule has 1 aliphatic rings. The molecule has 0 radical (unpaired) electrons. The summed E-state index contributed by atoms with van der Waals surface area (Å²) in [5.41, 5.74) is 0.399. The van der Waals surface area contributed by atoms with Crippen LogP contribution in [0, 0.1) is 23.5 Å². The number of hydrogen-bond donors (Lipinski definition) is 2. The van der Waals surface area contributed by atoms with E-state index in [-0.39, 0.29) is 17.2 Å². The predicted octanol–water partition coefficient (Wildman–Crippen LogP) is 5.72. The van der Waals surface area contributed by atoms with Crippen LogP contribution >= 0.6 is 22.9 Å². The normalized spacial score (nSPS) is 24.3. The van der Waals surface area contributed by atoms with Crippen molar-refractivity contribution in [1.82, 2.24) is 0 Å². The summed E-state index contributed by atoms with van der Waals surface area (Å²) in [5.74, 6) is -1.45. The van der Waals surface area contributed by atoms with Gasteiger partial charge in [0.15, 0.2) is 5.06 Å². The highest BCUT2D eigenvalue weighted by atomic mass is 35.5. The lowest BCUT2D eigenvalue weighted by Gasteiger charge is -2.20. The third-order valence-corrected chi connectivity index (χ3v) is 6.58. The van der Waals surface area contributed by atoms with Gasteiger partial charge >= 0.3 is 6.16 Å². The highest BCUT2D eigenvalue weighted by Gasteiger charge is 2.39. The smallest absolute Gasteiger partial charge is 0.449 e. The third-order valence-electron chi connectivity index (χ3n) is 5.05. The van der Waals surface area contributed by atoms with Crippen molar-refractivity contribution in [3.63, 3.8) is 0 Å². The maximum atomic E-state index is 13.4. The topological polar surface area (TPSA) is 66.8 Å². The van der Waals surface area contributed by atoms with E-state index in [2.05, 4.69) is 4.74 Å². The molecule has 1 fully saturated rings. The van der Waals surface area contributed by atoms with E-state index in [1.165, 1.54) is 23.5 Å². The number of aliphatic hydroxyl groups is 1. The molecule has 1 heterocycles. The number of thiophene rings is 1. The van der Waals surface area contributed by atoms with Gasteiger partial charge in [0.2, 0.25) is 0 Å². The molecule has 29 heavy (non-hydrogen) atoms. The number of ether oxygens (including phenoxy) is 1. The zero-order valence-electron chi connectivity index (χ0n) is 15.4. The molecule has 2 aromatic rings. The first-order valence-electron chi connectivity index (χ1n) is 9.27. The number of rotatable bonds is 7. The number of aliphatic hydroxyl groups excluding tert-OH is 1. The fraction of sp³-hybridized carbons (Fsp3) is 0.381. The average molecular weight is 443 g/mol. The predicted molar refractivity (Wildman–Crippen MR) is 109 cm³/mol. The first-order valence-corrected chi connectivity index (χ1v) is 10.5. The Labute approximate surface area is 176 Å². The largest absolute Gasteiger partial charge is 0.512 e. The van der Waals surface area contributed by atoms with Crippen LogP contribution in [-0.4, -0.2) is 27.8 Å². The third kappa shape index (κ3) is 6.01.